The summed E-state index contributed by atoms with van der Waals surface area (Å²) in [5.41, 5.74) is 1.67. The zero-order valence-electron chi connectivity index (χ0n) is 17.2. The largest absolute Gasteiger partial charge is 0.496 e. The maximum absolute atomic E-state index is 13.7. The van der Waals surface area contributed by atoms with Crippen molar-refractivity contribution >= 4 is 23.4 Å². The number of hydrogen-bond donors (Lipinski definition) is 0. The molecule has 2 aromatic carbocycles. The Morgan fingerprint density at radius 3 is 2.40 bits per heavy atom. The topological polar surface area (TPSA) is 49.9 Å². The highest BCUT2D eigenvalue weighted by atomic mass is 35.5. The van der Waals surface area contributed by atoms with E-state index >= 15 is 0 Å². The molecular formula is C24H27ClN2O3. The maximum Gasteiger partial charge on any atom is 0.250 e. The molecule has 0 N–H and O–H groups in total. The molecule has 1 aliphatic carbocycles. The number of piperazine rings is 1. The summed E-state index contributed by atoms with van der Waals surface area (Å²) in [4.78, 5) is 30.5. The van der Waals surface area contributed by atoms with E-state index in [2.05, 4.69) is 0 Å². The van der Waals surface area contributed by atoms with Gasteiger partial charge in [0.1, 0.15) is 18.3 Å². The van der Waals surface area contributed by atoms with E-state index in [-0.39, 0.29) is 24.4 Å². The summed E-state index contributed by atoms with van der Waals surface area (Å²) in [6.45, 7) is 0.461. The monoisotopic (exact) mass is 426 g/mol. The minimum Gasteiger partial charge on any atom is -0.496 e. The van der Waals surface area contributed by atoms with Crippen LogP contribution in [0.3, 0.4) is 0 Å². The van der Waals surface area contributed by atoms with Crippen LogP contribution in [0.25, 0.3) is 0 Å². The molecule has 0 unspecified atom stereocenters. The minimum absolute atomic E-state index is 0.00118. The van der Waals surface area contributed by atoms with Gasteiger partial charge in [-0.15, -0.1) is 0 Å². The molecule has 0 radical (unpaired) electrons. The van der Waals surface area contributed by atoms with Crippen molar-refractivity contribution in [1.29, 1.82) is 0 Å². The zero-order valence-corrected chi connectivity index (χ0v) is 18.0. The summed E-state index contributed by atoms with van der Waals surface area (Å²) in [6.07, 6.45) is 5.36. The van der Waals surface area contributed by atoms with Crippen LogP contribution in [-0.4, -0.2) is 41.3 Å². The molecular weight excluding hydrogens is 400 g/mol. The Kier molecular flexibility index (Phi) is 6.28. The van der Waals surface area contributed by atoms with Gasteiger partial charge in [-0.1, -0.05) is 61.2 Å². The molecule has 1 saturated carbocycles. The van der Waals surface area contributed by atoms with Crippen molar-refractivity contribution < 1.29 is 14.3 Å². The summed E-state index contributed by atoms with van der Waals surface area (Å²) in [6, 6.07) is 14.3. The fourth-order valence-corrected chi connectivity index (χ4v) is 4.74. The summed E-state index contributed by atoms with van der Waals surface area (Å²) in [5.74, 6) is 0.673. The molecule has 0 aromatic heterocycles. The smallest absolute Gasteiger partial charge is 0.250 e. The van der Waals surface area contributed by atoms with Crippen LogP contribution in [0.2, 0.25) is 5.02 Å². The molecule has 2 amide bonds. The van der Waals surface area contributed by atoms with Crippen LogP contribution >= 0.6 is 11.6 Å². The van der Waals surface area contributed by atoms with Crippen LogP contribution in [0.1, 0.15) is 49.3 Å². The highest BCUT2D eigenvalue weighted by Crippen LogP contribution is 2.34. The summed E-state index contributed by atoms with van der Waals surface area (Å²) >= 11 is 6.08. The van der Waals surface area contributed by atoms with Crippen LogP contribution in [-0.2, 0) is 16.1 Å². The fourth-order valence-electron chi connectivity index (χ4n) is 4.61. The number of amides is 2. The van der Waals surface area contributed by atoms with Crippen LogP contribution in [0.15, 0.2) is 48.5 Å². The van der Waals surface area contributed by atoms with E-state index in [1.807, 2.05) is 41.3 Å². The Labute approximate surface area is 182 Å². The third-order valence-corrected chi connectivity index (χ3v) is 6.44. The summed E-state index contributed by atoms with van der Waals surface area (Å²) in [5, 5.41) is 0.605. The van der Waals surface area contributed by atoms with Crippen LogP contribution in [0.4, 0.5) is 0 Å². The number of carbonyl (C=O) groups is 2. The molecule has 158 valence electrons. The Bertz CT molecular complexity index is 909. The Hall–Kier alpha value is -2.53. The Morgan fingerprint density at radius 1 is 1.00 bits per heavy atom. The third kappa shape index (κ3) is 4.17. The van der Waals surface area contributed by atoms with Crippen molar-refractivity contribution in [3.05, 3.63) is 64.7 Å². The molecule has 30 heavy (non-hydrogen) atoms. The van der Waals surface area contributed by atoms with Gasteiger partial charge < -0.3 is 14.5 Å². The predicted octanol–water partition coefficient (Wildman–Crippen LogP) is 4.59. The lowest BCUT2D eigenvalue weighted by atomic mass is 9.91. The average Bonchev–Trinajstić information content (AvgIpc) is 2.78. The lowest BCUT2D eigenvalue weighted by Gasteiger charge is -2.44. The molecule has 2 fully saturated rings. The highest BCUT2D eigenvalue weighted by Gasteiger charge is 2.43. The first-order chi connectivity index (χ1) is 14.6. The fraction of sp³-hybridized carbons (Fsp3) is 0.417. The van der Waals surface area contributed by atoms with Crippen LogP contribution < -0.4 is 4.74 Å². The number of carbonyl (C=O) groups excluding carboxylic acids is 2. The number of rotatable bonds is 5. The van der Waals surface area contributed by atoms with Crippen LogP contribution in [0, 0.1) is 0 Å². The number of halogens is 1. The van der Waals surface area contributed by atoms with Gasteiger partial charge in [0.05, 0.1) is 13.7 Å². The van der Waals surface area contributed by atoms with E-state index < -0.39 is 6.04 Å². The quantitative estimate of drug-likeness (QED) is 0.702. The Morgan fingerprint density at radius 2 is 1.70 bits per heavy atom. The van der Waals surface area contributed by atoms with E-state index in [1.165, 1.54) is 6.42 Å². The van der Waals surface area contributed by atoms with Gasteiger partial charge in [0.2, 0.25) is 5.91 Å². The molecule has 1 heterocycles. The van der Waals surface area contributed by atoms with Gasteiger partial charge in [-0.25, -0.2) is 0 Å². The lowest BCUT2D eigenvalue weighted by Crippen LogP contribution is -2.58. The van der Waals surface area contributed by atoms with Gasteiger partial charge >= 0.3 is 0 Å². The molecule has 0 spiro atoms. The normalized spacial score (nSPS) is 20.5. The van der Waals surface area contributed by atoms with Gasteiger partial charge in [0, 0.05) is 16.6 Å². The predicted molar refractivity (Wildman–Crippen MR) is 116 cm³/mol. The second-order valence-corrected chi connectivity index (χ2v) is 8.48. The number of para-hydroxylation sites is 1. The Balaban J connectivity index is 1.69. The molecule has 5 nitrogen and oxygen atoms in total. The van der Waals surface area contributed by atoms with E-state index in [4.69, 9.17) is 16.3 Å². The number of benzene rings is 2. The zero-order chi connectivity index (χ0) is 21.1. The van der Waals surface area contributed by atoms with Gasteiger partial charge in [-0.3, -0.25) is 9.59 Å². The number of ether oxygens (including phenoxy) is 1. The average molecular weight is 427 g/mol. The first-order valence-corrected chi connectivity index (χ1v) is 10.9. The van der Waals surface area contributed by atoms with Gasteiger partial charge in [-0.2, -0.15) is 0 Å². The highest BCUT2D eigenvalue weighted by molar-refractivity contribution is 6.30. The number of nitrogens with zero attached hydrogens (tertiary/aromatic N) is 2. The van der Waals surface area contributed by atoms with Crippen molar-refractivity contribution in [3.8, 4) is 5.75 Å². The molecule has 6 heteroatoms. The summed E-state index contributed by atoms with van der Waals surface area (Å²) < 4.78 is 5.47. The van der Waals surface area contributed by atoms with E-state index in [9.17, 15) is 9.59 Å². The van der Waals surface area contributed by atoms with Crippen molar-refractivity contribution in [2.24, 2.45) is 0 Å². The van der Waals surface area contributed by atoms with Crippen molar-refractivity contribution in [2.45, 2.75) is 50.7 Å². The third-order valence-electron chi connectivity index (χ3n) is 6.19. The molecule has 1 atom stereocenters. The molecule has 1 saturated heterocycles. The van der Waals surface area contributed by atoms with Crippen molar-refractivity contribution in [2.75, 3.05) is 13.7 Å². The first-order valence-electron chi connectivity index (χ1n) is 10.6. The first kappa shape index (κ1) is 20.7. The number of hydrogen-bond acceptors (Lipinski definition) is 3. The van der Waals surface area contributed by atoms with Crippen LogP contribution in [0.5, 0.6) is 5.75 Å². The van der Waals surface area contributed by atoms with Gasteiger partial charge in [0.15, 0.2) is 0 Å². The lowest BCUT2D eigenvalue weighted by molar-refractivity contribution is -0.160. The van der Waals surface area contributed by atoms with Gasteiger partial charge in [0.25, 0.3) is 5.91 Å². The molecule has 2 aliphatic rings. The SMILES string of the molecule is COc1ccccc1CN1C(=O)CN(C2CCCCC2)C(=O)[C@H]1c1ccc(Cl)cc1. The maximum atomic E-state index is 13.7. The summed E-state index contributed by atoms with van der Waals surface area (Å²) in [7, 11) is 1.61. The second-order valence-electron chi connectivity index (χ2n) is 8.05. The number of methoxy groups -OCH3 is 1. The van der Waals surface area contributed by atoms with E-state index in [0.717, 1.165) is 36.8 Å². The molecule has 4 rings (SSSR count). The molecule has 1 aliphatic heterocycles. The van der Waals surface area contributed by atoms with E-state index in [1.54, 1.807) is 24.1 Å². The second kappa shape index (κ2) is 9.09. The van der Waals surface area contributed by atoms with Crippen molar-refractivity contribution in [1.82, 2.24) is 9.80 Å². The van der Waals surface area contributed by atoms with E-state index in [0.29, 0.717) is 17.3 Å². The molecule has 2 aromatic rings. The minimum atomic E-state index is -0.657. The van der Waals surface area contributed by atoms with Crippen molar-refractivity contribution in [3.63, 3.8) is 0 Å². The van der Waals surface area contributed by atoms with Gasteiger partial charge in [-0.05, 0) is 36.6 Å². The molecule has 0 bridgehead atoms. The standard InChI is InChI=1S/C24H27ClN2O3/c1-30-21-10-6-5-7-18(21)15-27-22(28)16-26(20-8-3-2-4-9-20)24(29)23(27)17-11-13-19(25)14-12-17/h5-7,10-14,20,23H,2-4,8-9,15-16H2,1H3/t23-/m1/s1.